The predicted molar refractivity (Wildman–Crippen MR) is 68.9 cm³/mol. The van der Waals surface area contributed by atoms with Gasteiger partial charge in [0.25, 0.3) is 0 Å². The Balaban J connectivity index is 2.11. The highest BCUT2D eigenvalue weighted by atomic mass is 16.5. The molecule has 0 aliphatic carbocycles. The van der Waals surface area contributed by atoms with E-state index in [1.165, 1.54) is 0 Å². The second-order valence-electron chi connectivity index (χ2n) is 5.15. The molecule has 1 unspecified atom stereocenters. The molecule has 4 nitrogen and oxygen atoms in total. The average molecular weight is 242 g/mol. The van der Waals surface area contributed by atoms with Gasteiger partial charge in [-0.3, -0.25) is 4.79 Å². The van der Waals surface area contributed by atoms with Crippen LogP contribution in [0.3, 0.4) is 0 Å². The average Bonchev–Trinajstić information content (AvgIpc) is 2.34. The molecule has 1 heterocycles. The Morgan fingerprint density at radius 3 is 2.88 bits per heavy atom. The van der Waals surface area contributed by atoms with E-state index in [1.54, 1.807) is 7.11 Å². The van der Waals surface area contributed by atoms with E-state index < -0.39 is 0 Å². The normalized spacial score (nSPS) is 24.6. The molecule has 4 heteroatoms. The molecule has 0 spiro atoms. The highest BCUT2D eigenvalue weighted by molar-refractivity contribution is 5.82. The number of carbonyl (C=O) groups is 1. The summed E-state index contributed by atoms with van der Waals surface area (Å²) in [5, 5.41) is 6.35. The fraction of sp³-hybridized carbons (Fsp3) is 0.923. The number of hydrogen-bond acceptors (Lipinski definition) is 3. The largest absolute Gasteiger partial charge is 0.385 e. The minimum absolute atomic E-state index is 0.204. The molecule has 0 aromatic carbocycles. The zero-order valence-electron chi connectivity index (χ0n) is 11.2. The van der Waals surface area contributed by atoms with Crippen LogP contribution in [0, 0.1) is 5.41 Å². The maximum atomic E-state index is 12.0. The third-order valence-corrected chi connectivity index (χ3v) is 3.46. The van der Waals surface area contributed by atoms with Crippen molar-refractivity contribution in [1.29, 1.82) is 0 Å². The quantitative estimate of drug-likeness (QED) is 0.662. The predicted octanol–water partition coefficient (Wildman–Crippen LogP) is 1.31. The van der Waals surface area contributed by atoms with Crippen LogP contribution >= 0.6 is 0 Å². The third kappa shape index (κ3) is 5.04. The summed E-state index contributed by atoms with van der Waals surface area (Å²) in [5.74, 6) is 0.205. The molecular weight excluding hydrogens is 216 g/mol. The van der Waals surface area contributed by atoms with Crippen molar-refractivity contribution in [3.8, 4) is 0 Å². The highest BCUT2D eigenvalue weighted by Crippen LogP contribution is 2.25. The van der Waals surface area contributed by atoms with Gasteiger partial charge in [0.15, 0.2) is 0 Å². The first-order chi connectivity index (χ1) is 8.19. The molecule has 1 atom stereocenters. The van der Waals surface area contributed by atoms with Crippen molar-refractivity contribution >= 4 is 5.91 Å². The van der Waals surface area contributed by atoms with E-state index in [2.05, 4.69) is 17.6 Å². The van der Waals surface area contributed by atoms with Crippen molar-refractivity contribution in [1.82, 2.24) is 10.6 Å². The summed E-state index contributed by atoms with van der Waals surface area (Å²) in [4.78, 5) is 12.0. The van der Waals surface area contributed by atoms with E-state index >= 15 is 0 Å². The van der Waals surface area contributed by atoms with Crippen LogP contribution in [-0.2, 0) is 9.53 Å². The monoisotopic (exact) mass is 242 g/mol. The van der Waals surface area contributed by atoms with Crippen molar-refractivity contribution in [2.24, 2.45) is 5.41 Å². The Kier molecular flexibility index (Phi) is 6.52. The van der Waals surface area contributed by atoms with E-state index in [1.807, 2.05) is 0 Å². The third-order valence-electron chi connectivity index (χ3n) is 3.46. The van der Waals surface area contributed by atoms with Crippen molar-refractivity contribution in [2.45, 2.75) is 39.0 Å². The van der Waals surface area contributed by atoms with Crippen molar-refractivity contribution in [2.75, 3.05) is 33.4 Å². The lowest BCUT2D eigenvalue weighted by Gasteiger charge is -2.32. The molecule has 2 N–H and O–H groups in total. The Morgan fingerprint density at radius 1 is 1.41 bits per heavy atom. The molecule has 0 aromatic rings. The van der Waals surface area contributed by atoms with Crippen molar-refractivity contribution in [3.63, 3.8) is 0 Å². The number of unbranched alkanes of at least 4 members (excludes halogenated alkanes) is 2. The summed E-state index contributed by atoms with van der Waals surface area (Å²) in [6, 6.07) is 0. The maximum Gasteiger partial charge on any atom is 0.227 e. The van der Waals surface area contributed by atoms with Gasteiger partial charge in [0.1, 0.15) is 0 Å². The first-order valence-corrected chi connectivity index (χ1v) is 6.67. The van der Waals surface area contributed by atoms with Gasteiger partial charge in [-0.2, -0.15) is 0 Å². The molecule has 1 rings (SSSR count). The van der Waals surface area contributed by atoms with Crippen LogP contribution in [0.25, 0.3) is 0 Å². The van der Waals surface area contributed by atoms with Crippen LogP contribution in [-0.4, -0.2) is 39.3 Å². The van der Waals surface area contributed by atoms with Gasteiger partial charge < -0.3 is 15.4 Å². The van der Waals surface area contributed by atoms with Gasteiger partial charge in [-0.15, -0.1) is 0 Å². The van der Waals surface area contributed by atoms with E-state index in [9.17, 15) is 4.79 Å². The molecule has 1 aliphatic rings. The zero-order chi connectivity index (χ0) is 12.6. The van der Waals surface area contributed by atoms with Crippen LogP contribution in [0.2, 0.25) is 0 Å². The molecule has 17 heavy (non-hydrogen) atoms. The fourth-order valence-corrected chi connectivity index (χ4v) is 2.21. The van der Waals surface area contributed by atoms with Gasteiger partial charge in [0.2, 0.25) is 5.91 Å². The Bertz CT molecular complexity index is 225. The summed E-state index contributed by atoms with van der Waals surface area (Å²) in [7, 11) is 1.72. The lowest BCUT2D eigenvalue weighted by atomic mass is 9.82. The number of amides is 1. The Morgan fingerprint density at radius 2 is 2.24 bits per heavy atom. The fourth-order valence-electron chi connectivity index (χ4n) is 2.21. The molecule has 0 radical (unpaired) electrons. The van der Waals surface area contributed by atoms with Crippen LogP contribution < -0.4 is 10.6 Å². The van der Waals surface area contributed by atoms with Gasteiger partial charge in [0, 0.05) is 26.8 Å². The number of carbonyl (C=O) groups excluding carboxylic acids is 1. The molecule has 1 saturated heterocycles. The molecule has 100 valence electrons. The molecule has 0 saturated carbocycles. The number of methoxy groups -OCH3 is 1. The second kappa shape index (κ2) is 7.67. The molecule has 0 bridgehead atoms. The van der Waals surface area contributed by atoms with E-state index in [0.717, 1.165) is 58.3 Å². The standard InChI is InChI=1S/C13H26N2O2/c1-13(7-6-8-14-11-13)12(16)15-9-4-3-5-10-17-2/h14H,3-11H2,1-2H3,(H,15,16). The molecule has 0 aromatic heterocycles. The number of ether oxygens (including phenoxy) is 1. The van der Waals surface area contributed by atoms with Crippen LogP contribution in [0.5, 0.6) is 0 Å². The molecule has 1 fully saturated rings. The van der Waals surface area contributed by atoms with Crippen LogP contribution in [0.4, 0.5) is 0 Å². The van der Waals surface area contributed by atoms with Gasteiger partial charge in [-0.25, -0.2) is 0 Å². The Hall–Kier alpha value is -0.610. The van der Waals surface area contributed by atoms with Crippen molar-refractivity contribution < 1.29 is 9.53 Å². The summed E-state index contributed by atoms with van der Waals surface area (Å²) >= 11 is 0. The Labute approximate surface area is 104 Å². The molecular formula is C13H26N2O2. The van der Waals surface area contributed by atoms with Crippen LogP contribution in [0.1, 0.15) is 39.0 Å². The summed E-state index contributed by atoms with van der Waals surface area (Å²) in [6.07, 6.45) is 5.32. The van der Waals surface area contributed by atoms with Gasteiger partial charge >= 0.3 is 0 Å². The number of piperidine rings is 1. The van der Waals surface area contributed by atoms with Crippen molar-refractivity contribution in [3.05, 3.63) is 0 Å². The second-order valence-corrected chi connectivity index (χ2v) is 5.15. The summed E-state index contributed by atoms with van der Waals surface area (Å²) in [5.41, 5.74) is -0.204. The minimum Gasteiger partial charge on any atom is -0.385 e. The van der Waals surface area contributed by atoms with Gasteiger partial charge in [-0.1, -0.05) is 0 Å². The van der Waals surface area contributed by atoms with Gasteiger partial charge in [0.05, 0.1) is 5.41 Å². The summed E-state index contributed by atoms with van der Waals surface area (Å²) < 4.78 is 4.99. The lowest BCUT2D eigenvalue weighted by molar-refractivity contribution is -0.131. The number of nitrogens with one attached hydrogen (secondary N) is 2. The lowest BCUT2D eigenvalue weighted by Crippen LogP contribution is -2.48. The first-order valence-electron chi connectivity index (χ1n) is 6.67. The topological polar surface area (TPSA) is 50.4 Å². The highest BCUT2D eigenvalue weighted by Gasteiger charge is 2.34. The van der Waals surface area contributed by atoms with E-state index in [0.29, 0.717) is 0 Å². The molecule has 1 aliphatic heterocycles. The van der Waals surface area contributed by atoms with E-state index in [4.69, 9.17) is 4.74 Å². The summed E-state index contributed by atoms with van der Waals surface area (Å²) in [6.45, 7) is 5.51. The molecule has 1 amide bonds. The van der Waals surface area contributed by atoms with Gasteiger partial charge in [-0.05, 0) is 45.6 Å². The number of rotatable bonds is 7. The maximum absolute atomic E-state index is 12.0. The minimum atomic E-state index is -0.204. The van der Waals surface area contributed by atoms with Crippen LogP contribution in [0.15, 0.2) is 0 Å². The van der Waals surface area contributed by atoms with E-state index in [-0.39, 0.29) is 11.3 Å². The smallest absolute Gasteiger partial charge is 0.227 e. The zero-order valence-corrected chi connectivity index (χ0v) is 11.2. The first kappa shape index (κ1) is 14.5. The number of hydrogen-bond donors (Lipinski definition) is 2. The SMILES string of the molecule is COCCCCCNC(=O)C1(C)CCCNC1.